The van der Waals surface area contributed by atoms with Crippen molar-refractivity contribution >= 4 is 22.0 Å². The number of carbonyl (C=O) groups excluding carboxylic acids is 2. The molecule has 0 aliphatic carbocycles. The Bertz CT molecular complexity index is 1300. The Morgan fingerprint density at radius 2 is 1.45 bits per heavy atom. The van der Waals surface area contributed by atoms with Crippen LogP contribution in [0.25, 0.3) is 0 Å². The maximum Gasteiger partial charge on any atom is 0.275 e. The van der Waals surface area contributed by atoms with Crippen molar-refractivity contribution in [1.82, 2.24) is 14.9 Å². The zero-order valence-corrected chi connectivity index (χ0v) is 21.8. The Kier molecular flexibility index (Phi) is 8.90. The summed E-state index contributed by atoms with van der Waals surface area (Å²) in [6, 6.07) is 24.0. The monoisotopic (exact) mass is 535 g/mol. The largest absolute Gasteiger partial charge is 0.350 e. The first-order valence-corrected chi connectivity index (χ1v) is 14.1. The standard InChI is InChI=1S/C28H33N5O4S/c29-18-20-13-15-21(16-14-20)19-31-27(34)24-12-7-17-33(24)28(35)26(32-38(30,36)37)25(22-8-3-1-4-9-22)23-10-5-2-6-11-23/h1-6,8-11,13-16,24-26,32H,7,12,17-19,29H2,(H,31,34)(H2,30,36,37)/t24-,26+/m0/s1. The van der Waals surface area contributed by atoms with Crippen LogP contribution < -0.4 is 20.9 Å². The number of hydrogen-bond donors (Lipinski definition) is 4. The minimum atomic E-state index is -4.26. The number of hydrogen-bond acceptors (Lipinski definition) is 5. The number of nitrogens with zero attached hydrogens (tertiary/aromatic N) is 1. The lowest BCUT2D eigenvalue weighted by Gasteiger charge is -2.33. The van der Waals surface area contributed by atoms with E-state index in [1.807, 2.05) is 84.9 Å². The van der Waals surface area contributed by atoms with E-state index in [1.165, 1.54) is 4.90 Å². The summed E-state index contributed by atoms with van der Waals surface area (Å²) in [5.41, 5.74) is 9.04. The van der Waals surface area contributed by atoms with Crippen LogP contribution in [-0.4, -0.2) is 43.8 Å². The molecule has 200 valence electrons. The summed E-state index contributed by atoms with van der Waals surface area (Å²) >= 11 is 0. The summed E-state index contributed by atoms with van der Waals surface area (Å²) in [5, 5.41) is 8.31. The smallest absolute Gasteiger partial charge is 0.275 e. The number of carbonyl (C=O) groups is 2. The van der Waals surface area contributed by atoms with Gasteiger partial charge in [0.25, 0.3) is 10.2 Å². The van der Waals surface area contributed by atoms with Gasteiger partial charge in [0.1, 0.15) is 12.1 Å². The number of likely N-dealkylation sites (tertiary alicyclic amines) is 1. The highest BCUT2D eigenvalue weighted by atomic mass is 32.2. The van der Waals surface area contributed by atoms with Gasteiger partial charge in [0.15, 0.2) is 0 Å². The second kappa shape index (κ2) is 12.3. The Hall–Kier alpha value is -3.57. The Labute approximate surface area is 223 Å². The van der Waals surface area contributed by atoms with Crippen LogP contribution in [0.4, 0.5) is 0 Å². The van der Waals surface area contributed by atoms with E-state index in [-0.39, 0.29) is 5.91 Å². The second-order valence-electron chi connectivity index (χ2n) is 9.37. The third-order valence-corrected chi connectivity index (χ3v) is 7.35. The van der Waals surface area contributed by atoms with Gasteiger partial charge in [-0.2, -0.15) is 13.1 Å². The SMILES string of the molecule is NCc1ccc(CNC(=O)[C@@H]2CCCN2C(=O)[C@H](NS(N)(=O)=O)C(c2ccccc2)c2ccccc2)cc1. The fraction of sp³-hybridized carbons (Fsp3) is 0.286. The predicted octanol–water partition coefficient (Wildman–Crippen LogP) is 1.75. The quantitative estimate of drug-likeness (QED) is 0.312. The highest BCUT2D eigenvalue weighted by Crippen LogP contribution is 2.31. The summed E-state index contributed by atoms with van der Waals surface area (Å²) in [6.07, 6.45) is 1.10. The maximum absolute atomic E-state index is 14.0. The van der Waals surface area contributed by atoms with Gasteiger partial charge >= 0.3 is 0 Å². The van der Waals surface area contributed by atoms with E-state index in [4.69, 9.17) is 10.9 Å². The minimum Gasteiger partial charge on any atom is -0.350 e. The summed E-state index contributed by atoms with van der Waals surface area (Å²) in [6.45, 7) is 1.07. The highest BCUT2D eigenvalue weighted by Gasteiger charge is 2.41. The molecule has 38 heavy (non-hydrogen) atoms. The molecule has 0 aromatic heterocycles. The molecular formula is C28H33N5O4S. The molecule has 3 aromatic rings. The first-order chi connectivity index (χ1) is 18.3. The van der Waals surface area contributed by atoms with Crippen LogP contribution in [0.2, 0.25) is 0 Å². The molecule has 1 saturated heterocycles. The van der Waals surface area contributed by atoms with E-state index in [1.54, 1.807) is 0 Å². The van der Waals surface area contributed by atoms with E-state index >= 15 is 0 Å². The Morgan fingerprint density at radius 3 is 1.97 bits per heavy atom. The zero-order valence-electron chi connectivity index (χ0n) is 21.0. The molecular weight excluding hydrogens is 502 g/mol. The summed E-state index contributed by atoms with van der Waals surface area (Å²) in [5.74, 6) is -1.45. The second-order valence-corrected chi connectivity index (χ2v) is 10.7. The molecule has 0 radical (unpaired) electrons. The third-order valence-electron chi connectivity index (χ3n) is 6.77. The average Bonchev–Trinajstić information content (AvgIpc) is 3.42. The van der Waals surface area contributed by atoms with Crippen molar-refractivity contribution in [3.63, 3.8) is 0 Å². The van der Waals surface area contributed by atoms with Gasteiger partial charge < -0.3 is 16.0 Å². The van der Waals surface area contributed by atoms with Crippen molar-refractivity contribution in [3.05, 3.63) is 107 Å². The maximum atomic E-state index is 14.0. The number of rotatable bonds is 10. The molecule has 1 aliphatic heterocycles. The van der Waals surface area contributed by atoms with E-state index in [0.29, 0.717) is 32.5 Å². The van der Waals surface area contributed by atoms with Crippen molar-refractivity contribution in [2.75, 3.05) is 6.54 Å². The molecule has 4 rings (SSSR count). The van der Waals surface area contributed by atoms with Crippen LogP contribution in [0, 0.1) is 0 Å². The molecule has 1 fully saturated rings. The molecule has 3 aromatic carbocycles. The van der Waals surface area contributed by atoms with Gasteiger partial charge in [-0.05, 0) is 35.1 Å². The lowest BCUT2D eigenvalue weighted by Crippen LogP contribution is -2.56. The zero-order chi connectivity index (χ0) is 27.1. The normalized spacial score (nSPS) is 16.4. The lowest BCUT2D eigenvalue weighted by molar-refractivity contribution is -0.140. The lowest BCUT2D eigenvalue weighted by atomic mass is 9.84. The van der Waals surface area contributed by atoms with Crippen LogP contribution in [0.5, 0.6) is 0 Å². The molecule has 1 heterocycles. The van der Waals surface area contributed by atoms with Crippen molar-refractivity contribution in [2.24, 2.45) is 10.9 Å². The molecule has 1 aliphatic rings. The molecule has 0 unspecified atom stereocenters. The van der Waals surface area contributed by atoms with Crippen LogP contribution in [0.15, 0.2) is 84.9 Å². The van der Waals surface area contributed by atoms with E-state index in [2.05, 4.69) is 10.0 Å². The molecule has 0 bridgehead atoms. The summed E-state index contributed by atoms with van der Waals surface area (Å²) < 4.78 is 26.9. The number of amides is 2. The molecule has 10 heteroatoms. The third kappa shape index (κ3) is 6.84. The van der Waals surface area contributed by atoms with Gasteiger partial charge in [-0.15, -0.1) is 0 Å². The number of nitrogens with one attached hydrogen (secondary N) is 2. The van der Waals surface area contributed by atoms with E-state index in [9.17, 15) is 18.0 Å². The van der Waals surface area contributed by atoms with Gasteiger partial charge in [-0.3, -0.25) is 9.59 Å². The van der Waals surface area contributed by atoms with Gasteiger partial charge in [0.05, 0.1) is 0 Å². The summed E-state index contributed by atoms with van der Waals surface area (Å²) in [4.78, 5) is 28.7. The Morgan fingerprint density at radius 1 is 0.895 bits per heavy atom. The minimum absolute atomic E-state index is 0.288. The fourth-order valence-electron chi connectivity index (χ4n) is 4.92. The van der Waals surface area contributed by atoms with Gasteiger partial charge in [0, 0.05) is 25.6 Å². The fourth-order valence-corrected chi connectivity index (χ4v) is 5.51. The molecule has 2 atom stereocenters. The molecule has 6 N–H and O–H groups in total. The van der Waals surface area contributed by atoms with Gasteiger partial charge in [-0.25, -0.2) is 5.14 Å². The molecule has 0 spiro atoms. The van der Waals surface area contributed by atoms with Crippen LogP contribution in [0.1, 0.15) is 41.0 Å². The van der Waals surface area contributed by atoms with Crippen LogP contribution in [-0.2, 0) is 32.9 Å². The molecule has 9 nitrogen and oxygen atoms in total. The molecule has 0 saturated carbocycles. The van der Waals surface area contributed by atoms with Gasteiger partial charge in [-0.1, -0.05) is 84.9 Å². The van der Waals surface area contributed by atoms with Crippen LogP contribution >= 0.6 is 0 Å². The number of benzene rings is 3. The van der Waals surface area contributed by atoms with E-state index < -0.39 is 34.1 Å². The summed E-state index contributed by atoms with van der Waals surface area (Å²) in [7, 11) is -4.26. The predicted molar refractivity (Wildman–Crippen MR) is 146 cm³/mol. The van der Waals surface area contributed by atoms with Crippen molar-refractivity contribution in [2.45, 2.75) is 43.9 Å². The van der Waals surface area contributed by atoms with Crippen molar-refractivity contribution < 1.29 is 18.0 Å². The van der Waals surface area contributed by atoms with Gasteiger partial charge in [0.2, 0.25) is 11.8 Å². The number of nitrogens with two attached hydrogens (primary N) is 2. The highest BCUT2D eigenvalue weighted by molar-refractivity contribution is 7.87. The van der Waals surface area contributed by atoms with Crippen LogP contribution in [0.3, 0.4) is 0 Å². The average molecular weight is 536 g/mol. The van der Waals surface area contributed by atoms with Crippen molar-refractivity contribution in [3.8, 4) is 0 Å². The van der Waals surface area contributed by atoms with E-state index in [0.717, 1.165) is 22.3 Å². The van der Waals surface area contributed by atoms with Crippen molar-refractivity contribution in [1.29, 1.82) is 0 Å². The molecule has 2 amide bonds. The first kappa shape index (κ1) is 27.5. The Balaban J connectivity index is 1.60. The first-order valence-electron chi connectivity index (χ1n) is 12.5. The topological polar surface area (TPSA) is 148 Å².